The van der Waals surface area contributed by atoms with Gasteiger partial charge in [-0.15, -0.1) is 11.3 Å². The molecule has 3 rings (SSSR count). The standard InChI is InChI=1S/C14H16N2S/c1-9-3-2-4-10(5-9)11-8-17-13-7-16-6-12(15)14(11)13/h2-5,8,12,16H,6-7,15H2,1H3. The van der Waals surface area contributed by atoms with Crippen molar-refractivity contribution in [3.63, 3.8) is 0 Å². The molecule has 1 atom stereocenters. The van der Waals surface area contributed by atoms with Crippen molar-refractivity contribution in [2.75, 3.05) is 6.54 Å². The number of hydrogen-bond donors (Lipinski definition) is 2. The zero-order chi connectivity index (χ0) is 11.8. The number of benzene rings is 1. The third-order valence-electron chi connectivity index (χ3n) is 3.26. The van der Waals surface area contributed by atoms with Crippen LogP contribution in [0.5, 0.6) is 0 Å². The first-order valence-electron chi connectivity index (χ1n) is 5.89. The summed E-state index contributed by atoms with van der Waals surface area (Å²) >= 11 is 1.81. The molecule has 0 bridgehead atoms. The van der Waals surface area contributed by atoms with Crippen LogP contribution in [0.1, 0.15) is 22.0 Å². The van der Waals surface area contributed by atoms with Crippen molar-refractivity contribution < 1.29 is 0 Å². The van der Waals surface area contributed by atoms with E-state index >= 15 is 0 Å². The van der Waals surface area contributed by atoms with Gasteiger partial charge in [0.1, 0.15) is 0 Å². The first-order valence-corrected chi connectivity index (χ1v) is 6.77. The van der Waals surface area contributed by atoms with Gasteiger partial charge in [0.05, 0.1) is 0 Å². The lowest BCUT2D eigenvalue weighted by molar-refractivity contribution is 0.564. The molecule has 0 saturated carbocycles. The molecule has 2 aromatic rings. The maximum absolute atomic E-state index is 6.21. The molecule has 1 aliphatic rings. The molecule has 0 aliphatic carbocycles. The van der Waals surface area contributed by atoms with Crippen molar-refractivity contribution in [3.05, 3.63) is 45.6 Å². The predicted octanol–water partition coefficient (Wildman–Crippen LogP) is 2.83. The normalized spacial score (nSPS) is 19.1. The fraction of sp³-hybridized carbons (Fsp3) is 0.286. The van der Waals surface area contributed by atoms with Gasteiger partial charge in [-0.3, -0.25) is 0 Å². The topological polar surface area (TPSA) is 38.0 Å². The van der Waals surface area contributed by atoms with E-state index in [1.54, 1.807) is 0 Å². The minimum absolute atomic E-state index is 0.125. The highest BCUT2D eigenvalue weighted by molar-refractivity contribution is 7.10. The van der Waals surface area contributed by atoms with Crippen molar-refractivity contribution in [1.82, 2.24) is 5.32 Å². The summed E-state index contributed by atoms with van der Waals surface area (Å²) in [4.78, 5) is 1.39. The zero-order valence-electron chi connectivity index (χ0n) is 9.86. The minimum Gasteiger partial charge on any atom is -0.323 e. The van der Waals surface area contributed by atoms with E-state index in [0.29, 0.717) is 0 Å². The monoisotopic (exact) mass is 244 g/mol. The van der Waals surface area contributed by atoms with Crippen LogP contribution in [-0.4, -0.2) is 6.54 Å². The van der Waals surface area contributed by atoms with Gasteiger partial charge in [0.15, 0.2) is 0 Å². The van der Waals surface area contributed by atoms with Gasteiger partial charge in [-0.1, -0.05) is 29.8 Å². The van der Waals surface area contributed by atoms with Crippen molar-refractivity contribution in [2.24, 2.45) is 5.73 Å². The lowest BCUT2D eigenvalue weighted by atomic mass is 9.95. The van der Waals surface area contributed by atoms with Crippen LogP contribution in [0.15, 0.2) is 29.6 Å². The molecule has 3 heteroatoms. The van der Waals surface area contributed by atoms with Crippen LogP contribution in [0.25, 0.3) is 11.1 Å². The van der Waals surface area contributed by atoms with E-state index in [1.165, 1.54) is 27.1 Å². The quantitative estimate of drug-likeness (QED) is 0.809. The molecular weight excluding hydrogens is 228 g/mol. The molecule has 3 N–H and O–H groups in total. The molecule has 1 aromatic heterocycles. The molecule has 1 aliphatic heterocycles. The van der Waals surface area contributed by atoms with Gasteiger partial charge in [-0.2, -0.15) is 0 Å². The van der Waals surface area contributed by atoms with Crippen LogP contribution < -0.4 is 11.1 Å². The van der Waals surface area contributed by atoms with Gasteiger partial charge in [-0.05, 0) is 29.0 Å². The van der Waals surface area contributed by atoms with Gasteiger partial charge < -0.3 is 11.1 Å². The lowest BCUT2D eigenvalue weighted by Crippen LogP contribution is -2.32. The molecular formula is C14H16N2S. The highest BCUT2D eigenvalue weighted by Gasteiger charge is 2.22. The Kier molecular flexibility index (Phi) is 2.74. The van der Waals surface area contributed by atoms with E-state index in [1.807, 2.05) is 11.3 Å². The smallest absolute Gasteiger partial charge is 0.0439 e. The Balaban J connectivity index is 2.13. The van der Waals surface area contributed by atoms with E-state index in [-0.39, 0.29) is 6.04 Å². The molecule has 0 fully saturated rings. The third-order valence-corrected chi connectivity index (χ3v) is 4.26. The summed E-state index contributed by atoms with van der Waals surface area (Å²) in [5, 5.41) is 5.59. The summed E-state index contributed by atoms with van der Waals surface area (Å²) in [7, 11) is 0. The molecule has 0 spiro atoms. The first kappa shape index (κ1) is 11.0. The van der Waals surface area contributed by atoms with Gasteiger partial charge in [-0.25, -0.2) is 0 Å². The molecule has 2 heterocycles. The average Bonchev–Trinajstić information content (AvgIpc) is 2.74. The number of nitrogens with one attached hydrogen (secondary N) is 1. The molecule has 2 nitrogen and oxygen atoms in total. The van der Waals surface area contributed by atoms with Gasteiger partial charge in [0, 0.05) is 24.0 Å². The Morgan fingerprint density at radius 1 is 1.41 bits per heavy atom. The molecule has 0 amide bonds. The van der Waals surface area contributed by atoms with Crippen LogP contribution in [0.2, 0.25) is 0 Å². The van der Waals surface area contributed by atoms with Crippen LogP contribution >= 0.6 is 11.3 Å². The maximum Gasteiger partial charge on any atom is 0.0439 e. The van der Waals surface area contributed by atoms with E-state index in [4.69, 9.17) is 5.73 Å². The van der Waals surface area contributed by atoms with Crippen LogP contribution in [0.4, 0.5) is 0 Å². The third kappa shape index (κ3) is 1.90. The molecule has 1 aromatic carbocycles. The summed E-state index contributed by atoms with van der Waals surface area (Å²) < 4.78 is 0. The minimum atomic E-state index is 0.125. The van der Waals surface area contributed by atoms with E-state index < -0.39 is 0 Å². The second-order valence-electron chi connectivity index (χ2n) is 4.59. The Hall–Kier alpha value is -1.16. The Morgan fingerprint density at radius 3 is 3.12 bits per heavy atom. The fourth-order valence-electron chi connectivity index (χ4n) is 2.43. The number of aryl methyl sites for hydroxylation is 1. The number of thiophene rings is 1. The summed E-state index contributed by atoms with van der Waals surface area (Å²) in [6, 6.07) is 8.77. The SMILES string of the molecule is Cc1cccc(-c2csc3c2C(N)CNC3)c1. The highest BCUT2D eigenvalue weighted by atomic mass is 32.1. The maximum atomic E-state index is 6.21. The van der Waals surface area contributed by atoms with Gasteiger partial charge in [0.2, 0.25) is 0 Å². The highest BCUT2D eigenvalue weighted by Crippen LogP contribution is 2.36. The largest absolute Gasteiger partial charge is 0.323 e. The van der Waals surface area contributed by atoms with Crippen molar-refractivity contribution in [3.8, 4) is 11.1 Å². The number of fused-ring (bicyclic) bond motifs is 1. The van der Waals surface area contributed by atoms with E-state index in [9.17, 15) is 0 Å². The number of hydrogen-bond acceptors (Lipinski definition) is 3. The van der Waals surface area contributed by atoms with E-state index in [0.717, 1.165) is 13.1 Å². The summed E-state index contributed by atoms with van der Waals surface area (Å²) in [5.41, 5.74) is 11.5. The van der Waals surface area contributed by atoms with Crippen LogP contribution in [0.3, 0.4) is 0 Å². The Morgan fingerprint density at radius 2 is 2.29 bits per heavy atom. The van der Waals surface area contributed by atoms with Crippen molar-refractivity contribution >= 4 is 11.3 Å². The van der Waals surface area contributed by atoms with Gasteiger partial charge in [0.25, 0.3) is 0 Å². The number of nitrogens with two attached hydrogens (primary N) is 1. The summed E-state index contributed by atoms with van der Waals surface area (Å²) in [6.45, 7) is 3.96. The van der Waals surface area contributed by atoms with Crippen LogP contribution in [-0.2, 0) is 6.54 Å². The molecule has 1 unspecified atom stereocenters. The Labute approximate surface area is 105 Å². The predicted molar refractivity (Wildman–Crippen MR) is 73.1 cm³/mol. The molecule has 0 radical (unpaired) electrons. The second-order valence-corrected chi connectivity index (χ2v) is 5.56. The molecule has 17 heavy (non-hydrogen) atoms. The first-order chi connectivity index (χ1) is 8.25. The van der Waals surface area contributed by atoms with E-state index in [2.05, 4.69) is 41.9 Å². The molecule has 0 saturated heterocycles. The average molecular weight is 244 g/mol. The summed E-state index contributed by atoms with van der Waals surface area (Å²) in [6.07, 6.45) is 0. The van der Waals surface area contributed by atoms with Crippen molar-refractivity contribution in [2.45, 2.75) is 19.5 Å². The van der Waals surface area contributed by atoms with Crippen molar-refractivity contribution in [1.29, 1.82) is 0 Å². The number of rotatable bonds is 1. The molecule has 88 valence electrons. The Bertz CT molecular complexity index is 545. The fourth-order valence-corrected chi connectivity index (χ4v) is 3.53. The summed E-state index contributed by atoms with van der Waals surface area (Å²) in [5.74, 6) is 0. The second kappa shape index (κ2) is 4.26. The zero-order valence-corrected chi connectivity index (χ0v) is 10.7. The lowest BCUT2D eigenvalue weighted by Gasteiger charge is -2.21. The van der Waals surface area contributed by atoms with Crippen LogP contribution in [0, 0.1) is 6.92 Å². The van der Waals surface area contributed by atoms with Gasteiger partial charge >= 0.3 is 0 Å².